The van der Waals surface area contributed by atoms with Crippen LogP contribution >= 0.6 is 20.6 Å². The van der Waals surface area contributed by atoms with Crippen LogP contribution in [0.25, 0.3) is 0 Å². The second-order valence-corrected chi connectivity index (χ2v) is 6.78. The minimum Gasteiger partial charge on any atom is -0.422 e. The van der Waals surface area contributed by atoms with Gasteiger partial charge in [0.05, 0.1) is 14.7 Å². The highest BCUT2D eigenvalue weighted by Crippen LogP contribution is 2.55. The highest BCUT2D eigenvalue weighted by Gasteiger charge is 2.31. The fraction of sp³-hybridized carbons (Fsp3) is 0. The molecule has 1 nitrogen and oxygen atoms in total. The fourth-order valence-electron chi connectivity index (χ4n) is 2.04. The molecule has 0 bridgehead atoms. The van der Waals surface area contributed by atoms with E-state index in [0.717, 1.165) is 5.75 Å². The van der Waals surface area contributed by atoms with Crippen LogP contribution in [0.4, 0.5) is 0 Å². The maximum atomic E-state index is 5.97. The number of fused-ring (bicyclic) bond motifs is 4. The second-order valence-electron chi connectivity index (χ2n) is 3.72. The Hall–Kier alpha value is -1.19. The third-order valence-corrected chi connectivity index (χ3v) is 6.25. The Bertz CT molecular complexity index is 578. The zero-order valence-corrected chi connectivity index (χ0v) is 9.98. The lowest BCUT2D eigenvalue weighted by Crippen LogP contribution is -1.96. The molecule has 2 aromatic carbocycles. The SMILES string of the molecule is c1ccc2c(c1)OS1=C2c2ccccc2S1. The van der Waals surface area contributed by atoms with Crippen molar-refractivity contribution >= 4 is 25.5 Å². The first-order chi connectivity index (χ1) is 7.93. The Morgan fingerprint density at radius 3 is 2.56 bits per heavy atom. The molecule has 1 atom stereocenters. The molecule has 0 radical (unpaired) electrons. The van der Waals surface area contributed by atoms with Crippen LogP contribution in [0.2, 0.25) is 0 Å². The minimum absolute atomic E-state index is 0.128. The Balaban J connectivity index is 1.99. The summed E-state index contributed by atoms with van der Waals surface area (Å²) >= 11 is 0. The number of hydrogen-bond acceptors (Lipinski definition) is 2. The summed E-state index contributed by atoms with van der Waals surface area (Å²) in [5.41, 5.74) is 2.61. The van der Waals surface area contributed by atoms with Crippen LogP contribution in [0.5, 0.6) is 5.75 Å². The van der Waals surface area contributed by atoms with Gasteiger partial charge in [-0.25, -0.2) is 0 Å². The van der Waals surface area contributed by atoms with E-state index in [1.807, 2.05) is 16.9 Å². The molecule has 0 fully saturated rings. The topological polar surface area (TPSA) is 9.23 Å². The minimum atomic E-state index is -0.128. The Kier molecular flexibility index (Phi) is 1.75. The van der Waals surface area contributed by atoms with Crippen molar-refractivity contribution in [2.45, 2.75) is 4.90 Å². The van der Waals surface area contributed by atoms with Gasteiger partial charge in [0.25, 0.3) is 0 Å². The summed E-state index contributed by atoms with van der Waals surface area (Å²) in [4.78, 5) is 2.71. The first-order valence-corrected chi connectivity index (χ1v) is 7.58. The summed E-state index contributed by atoms with van der Waals surface area (Å²) in [5.74, 6) is 1.03. The highest BCUT2D eigenvalue weighted by atomic mass is 33.1. The van der Waals surface area contributed by atoms with E-state index < -0.39 is 0 Å². The van der Waals surface area contributed by atoms with Crippen molar-refractivity contribution in [3.63, 3.8) is 0 Å². The van der Waals surface area contributed by atoms with E-state index >= 15 is 0 Å². The first-order valence-electron chi connectivity index (χ1n) is 5.10. The molecule has 0 aromatic heterocycles. The van der Waals surface area contributed by atoms with Gasteiger partial charge in [-0.15, -0.1) is 0 Å². The van der Waals surface area contributed by atoms with Crippen LogP contribution in [0.1, 0.15) is 11.1 Å². The molecule has 0 N–H and O–H groups in total. The smallest absolute Gasteiger partial charge is 0.146 e. The van der Waals surface area contributed by atoms with Crippen molar-refractivity contribution in [2.75, 3.05) is 0 Å². The molecule has 2 aromatic rings. The van der Waals surface area contributed by atoms with Gasteiger partial charge in [0.15, 0.2) is 0 Å². The lowest BCUT2D eigenvalue weighted by Gasteiger charge is -2.04. The van der Waals surface area contributed by atoms with Crippen molar-refractivity contribution in [3.8, 4) is 5.75 Å². The normalized spacial score (nSPS) is 20.0. The summed E-state index contributed by atoms with van der Waals surface area (Å²) in [6.07, 6.45) is 0. The predicted molar refractivity (Wildman–Crippen MR) is 70.2 cm³/mol. The van der Waals surface area contributed by atoms with Crippen molar-refractivity contribution < 1.29 is 4.18 Å². The molecule has 3 heteroatoms. The summed E-state index contributed by atoms with van der Waals surface area (Å²) in [6.45, 7) is 0. The van der Waals surface area contributed by atoms with Crippen LogP contribution < -0.4 is 4.18 Å². The molecular formula is C13H8OS2. The highest BCUT2D eigenvalue weighted by molar-refractivity contribution is 8.83. The molecule has 2 aliphatic rings. The van der Waals surface area contributed by atoms with Gasteiger partial charge in [-0.3, -0.25) is 0 Å². The second kappa shape index (κ2) is 3.15. The van der Waals surface area contributed by atoms with Gasteiger partial charge < -0.3 is 4.18 Å². The van der Waals surface area contributed by atoms with Gasteiger partial charge in [-0.05, 0) is 29.0 Å². The number of rotatable bonds is 0. The zero-order chi connectivity index (χ0) is 10.5. The fourth-order valence-corrected chi connectivity index (χ4v) is 5.91. The molecule has 0 aliphatic carbocycles. The number of hydrogen-bond donors (Lipinski definition) is 0. The molecule has 1 unspecified atom stereocenters. The van der Waals surface area contributed by atoms with E-state index in [9.17, 15) is 0 Å². The van der Waals surface area contributed by atoms with Gasteiger partial charge in [0, 0.05) is 16.0 Å². The monoisotopic (exact) mass is 244 g/mol. The third kappa shape index (κ3) is 1.07. The maximum Gasteiger partial charge on any atom is 0.146 e. The van der Waals surface area contributed by atoms with Crippen molar-refractivity contribution in [3.05, 3.63) is 59.7 Å². The van der Waals surface area contributed by atoms with E-state index in [1.165, 1.54) is 20.9 Å². The van der Waals surface area contributed by atoms with E-state index in [-0.39, 0.29) is 9.80 Å². The van der Waals surface area contributed by atoms with Crippen molar-refractivity contribution in [1.82, 2.24) is 0 Å². The Morgan fingerprint density at radius 2 is 1.62 bits per heavy atom. The van der Waals surface area contributed by atoms with Crippen molar-refractivity contribution in [2.24, 2.45) is 0 Å². The molecule has 2 heterocycles. The summed E-state index contributed by atoms with van der Waals surface area (Å²) < 4.78 is 5.97. The average molecular weight is 244 g/mol. The number of benzene rings is 2. The largest absolute Gasteiger partial charge is 0.422 e. The maximum absolute atomic E-state index is 5.97. The van der Waals surface area contributed by atoms with Gasteiger partial charge in [0.1, 0.15) is 5.75 Å². The molecule has 78 valence electrons. The van der Waals surface area contributed by atoms with Gasteiger partial charge in [-0.1, -0.05) is 30.3 Å². The Labute approximate surface area is 100.0 Å². The molecule has 4 rings (SSSR count). The number of para-hydroxylation sites is 1. The standard InChI is InChI=1S/C13H8OS2/c1-3-7-11-9(5-1)13-10-6-2-4-8-12(10)15-16(13)14-11/h1-8H. The first kappa shape index (κ1) is 8.90. The molecule has 2 aliphatic heterocycles. The van der Waals surface area contributed by atoms with E-state index in [2.05, 4.69) is 42.5 Å². The predicted octanol–water partition coefficient (Wildman–Crippen LogP) is 3.85. The van der Waals surface area contributed by atoms with Gasteiger partial charge >= 0.3 is 0 Å². The quantitative estimate of drug-likeness (QED) is 0.514. The zero-order valence-electron chi connectivity index (χ0n) is 8.34. The van der Waals surface area contributed by atoms with E-state index in [4.69, 9.17) is 4.18 Å². The molecular weight excluding hydrogens is 236 g/mol. The summed E-state index contributed by atoms with van der Waals surface area (Å²) in [6, 6.07) is 16.9. The van der Waals surface area contributed by atoms with Crippen LogP contribution in [0, 0.1) is 0 Å². The molecule has 16 heavy (non-hydrogen) atoms. The summed E-state index contributed by atoms with van der Waals surface area (Å²) in [7, 11) is 1.70. The van der Waals surface area contributed by atoms with Crippen LogP contribution in [0.15, 0.2) is 53.4 Å². The van der Waals surface area contributed by atoms with Crippen molar-refractivity contribution in [1.29, 1.82) is 0 Å². The molecule has 0 spiro atoms. The third-order valence-electron chi connectivity index (χ3n) is 2.76. The molecule has 0 amide bonds. The van der Waals surface area contributed by atoms with Crippen LogP contribution in [0.3, 0.4) is 0 Å². The van der Waals surface area contributed by atoms with E-state index in [1.54, 1.807) is 0 Å². The van der Waals surface area contributed by atoms with Crippen LogP contribution in [-0.2, 0) is 0 Å². The lowest BCUT2D eigenvalue weighted by molar-refractivity contribution is 0.658. The van der Waals surface area contributed by atoms with E-state index in [0.29, 0.717) is 0 Å². The average Bonchev–Trinajstić information content (AvgIpc) is 2.83. The summed E-state index contributed by atoms with van der Waals surface area (Å²) in [5, 5.41) is 0. The van der Waals surface area contributed by atoms with Gasteiger partial charge in [0.2, 0.25) is 0 Å². The van der Waals surface area contributed by atoms with Gasteiger partial charge in [-0.2, -0.15) is 0 Å². The van der Waals surface area contributed by atoms with Crippen LogP contribution in [-0.4, -0.2) is 4.86 Å². The molecule has 0 saturated carbocycles. The molecule has 0 saturated heterocycles. The lowest BCUT2D eigenvalue weighted by atomic mass is 10.0. The Morgan fingerprint density at radius 1 is 0.875 bits per heavy atom.